The van der Waals surface area contributed by atoms with Crippen LogP contribution in [-0.4, -0.2) is 39.6 Å². The Bertz CT molecular complexity index is 1020. The summed E-state index contributed by atoms with van der Waals surface area (Å²) < 4.78 is 0. The third kappa shape index (κ3) is 8.26. The first-order valence-corrected chi connectivity index (χ1v) is 11.6. The number of allylic oxidation sites excluding steroid dienone is 1. The number of H-pyrrole nitrogens is 1. The maximum absolute atomic E-state index is 11.5. The fourth-order valence-corrected chi connectivity index (χ4v) is 3.68. The van der Waals surface area contributed by atoms with Gasteiger partial charge in [-0.1, -0.05) is 55.0 Å². The Morgan fingerprint density at radius 1 is 1.21 bits per heavy atom. The molecule has 2 aromatic rings. The van der Waals surface area contributed by atoms with Crippen LogP contribution in [0, 0.1) is 0 Å². The van der Waals surface area contributed by atoms with E-state index >= 15 is 0 Å². The molecule has 9 heteroatoms. The SMILES string of the molecule is C=C(CCCCN(CCC)C(=C)c1[nH]c(Cl)nc1NC(C)=O)O/N=C(\C)c1ccccc1Cl. The van der Waals surface area contributed by atoms with E-state index < -0.39 is 0 Å². The van der Waals surface area contributed by atoms with Crippen molar-refractivity contribution in [3.63, 3.8) is 0 Å². The Labute approximate surface area is 205 Å². The van der Waals surface area contributed by atoms with Crippen LogP contribution < -0.4 is 5.32 Å². The van der Waals surface area contributed by atoms with Gasteiger partial charge in [0.2, 0.25) is 11.2 Å². The largest absolute Gasteiger partial charge is 0.370 e. The molecule has 1 aromatic carbocycles. The summed E-state index contributed by atoms with van der Waals surface area (Å²) in [5.74, 6) is 0.753. The van der Waals surface area contributed by atoms with Crippen LogP contribution in [0.3, 0.4) is 0 Å². The summed E-state index contributed by atoms with van der Waals surface area (Å²) in [7, 11) is 0. The molecule has 0 bridgehead atoms. The van der Waals surface area contributed by atoms with Crippen LogP contribution >= 0.6 is 23.2 Å². The minimum absolute atomic E-state index is 0.201. The molecule has 0 fully saturated rings. The van der Waals surface area contributed by atoms with Crippen LogP contribution in [0.15, 0.2) is 48.3 Å². The number of unbranched alkanes of at least 4 members (excludes halogenated alkanes) is 1. The molecule has 0 saturated heterocycles. The highest BCUT2D eigenvalue weighted by Crippen LogP contribution is 2.26. The van der Waals surface area contributed by atoms with E-state index in [1.165, 1.54) is 6.92 Å². The zero-order valence-corrected chi connectivity index (χ0v) is 20.9. The van der Waals surface area contributed by atoms with Gasteiger partial charge in [-0.15, -0.1) is 0 Å². The van der Waals surface area contributed by atoms with Crippen molar-refractivity contribution in [2.45, 2.75) is 46.5 Å². The third-order valence-electron chi connectivity index (χ3n) is 4.84. The molecular weight excluding hydrogens is 461 g/mol. The lowest BCUT2D eigenvalue weighted by Gasteiger charge is -2.26. The minimum atomic E-state index is -0.222. The summed E-state index contributed by atoms with van der Waals surface area (Å²) in [6.45, 7) is 15.1. The summed E-state index contributed by atoms with van der Waals surface area (Å²) in [5, 5.41) is 7.67. The second-order valence-electron chi connectivity index (χ2n) is 7.61. The maximum atomic E-state index is 11.5. The number of carbonyl (C=O) groups is 1. The number of nitrogens with one attached hydrogen (secondary N) is 2. The van der Waals surface area contributed by atoms with Crippen molar-refractivity contribution >= 4 is 46.3 Å². The molecule has 0 unspecified atom stereocenters. The zero-order valence-electron chi connectivity index (χ0n) is 19.4. The Kier molecular flexibility index (Phi) is 10.5. The van der Waals surface area contributed by atoms with E-state index in [4.69, 9.17) is 28.0 Å². The number of anilines is 1. The predicted octanol–water partition coefficient (Wildman–Crippen LogP) is 6.48. The van der Waals surface area contributed by atoms with Crippen molar-refractivity contribution in [1.29, 1.82) is 0 Å². The van der Waals surface area contributed by atoms with Gasteiger partial charge in [-0.2, -0.15) is 4.98 Å². The summed E-state index contributed by atoms with van der Waals surface area (Å²) in [5.41, 5.74) is 2.87. The van der Waals surface area contributed by atoms with Gasteiger partial charge in [0, 0.05) is 37.0 Å². The minimum Gasteiger partial charge on any atom is -0.370 e. The number of aromatic amines is 1. The van der Waals surface area contributed by atoms with E-state index in [0.29, 0.717) is 34.4 Å². The second kappa shape index (κ2) is 13.1. The van der Waals surface area contributed by atoms with Gasteiger partial charge in [-0.05, 0) is 43.9 Å². The van der Waals surface area contributed by atoms with Crippen LogP contribution in [0.25, 0.3) is 5.70 Å². The number of hydrogen-bond acceptors (Lipinski definition) is 5. The molecular formula is C24H31Cl2N5O2. The molecule has 0 radical (unpaired) electrons. The monoisotopic (exact) mass is 491 g/mol. The Hall–Kier alpha value is -2.77. The normalized spacial score (nSPS) is 11.2. The average Bonchev–Trinajstić information content (AvgIpc) is 3.13. The highest BCUT2D eigenvalue weighted by molar-refractivity contribution is 6.34. The van der Waals surface area contributed by atoms with Gasteiger partial charge in [0.1, 0.15) is 11.5 Å². The number of oxime groups is 1. The van der Waals surface area contributed by atoms with E-state index in [2.05, 4.69) is 45.4 Å². The molecule has 33 heavy (non-hydrogen) atoms. The van der Waals surface area contributed by atoms with Crippen molar-refractivity contribution in [3.8, 4) is 0 Å². The fraction of sp³-hybridized carbons (Fsp3) is 0.375. The summed E-state index contributed by atoms with van der Waals surface area (Å²) in [4.78, 5) is 26.2. The average molecular weight is 492 g/mol. The van der Waals surface area contributed by atoms with Crippen molar-refractivity contribution in [1.82, 2.24) is 14.9 Å². The smallest absolute Gasteiger partial charge is 0.222 e. The lowest BCUT2D eigenvalue weighted by molar-refractivity contribution is -0.114. The Balaban J connectivity index is 1.87. The van der Waals surface area contributed by atoms with Gasteiger partial charge in [0.25, 0.3) is 0 Å². The summed E-state index contributed by atoms with van der Waals surface area (Å²) in [6, 6.07) is 7.49. The van der Waals surface area contributed by atoms with Gasteiger partial charge in [-0.3, -0.25) is 4.79 Å². The highest BCUT2D eigenvalue weighted by atomic mass is 35.5. The van der Waals surface area contributed by atoms with Gasteiger partial charge in [0.05, 0.1) is 11.4 Å². The van der Waals surface area contributed by atoms with Crippen LogP contribution in [0.2, 0.25) is 10.3 Å². The molecule has 178 valence electrons. The van der Waals surface area contributed by atoms with Gasteiger partial charge >= 0.3 is 0 Å². The first kappa shape index (κ1) is 26.5. The van der Waals surface area contributed by atoms with Crippen LogP contribution in [0.1, 0.15) is 57.7 Å². The number of amides is 1. The lowest BCUT2D eigenvalue weighted by Crippen LogP contribution is -2.24. The number of benzene rings is 1. The topological polar surface area (TPSA) is 82.6 Å². The number of nitrogens with zero attached hydrogens (tertiary/aromatic N) is 3. The van der Waals surface area contributed by atoms with Gasteiger partial charge in [-0.25, -0.2) is 0 Å². The molecule has 0 aliphatic rings. The molecule has 7 nitrogen and oxygen atoms in total. The fourth-order valence-electron chi connectivity index (χ4n) is 3.23. The first-order chi connectivity index (χ1) is 15.7. The number of aromatic nitrogens is 2. The van der Waals surface area contributed by atoms with Crippen molar-refractivity contribution in [2.24, 2.45) is 5.16 Å². The lowest BCUT2D eigenvalue weighted by atomic mass is 10.1. The first-order valence-electron chi connectivity index (χ1n) is 10.8. The summed E-state index contributed by atoms with van der Waals surface area (Å²) >= 11 is 12.2. The van der Waals surface area contributed by atoms with Crippen LogP contribution in [0.5, 0.6) is 0 Å². The molecule has 1 heterocycles. The highest BCUT2D eigenvalue weighted by Gasteiger charge is 2.18. The molecule has 0 spiro atoms. The molecule has 2 rings (SSSR count). The molecule has 0 saturated carbocycles. The number of halogens is 2. The number of rotatable bonds is 13. The standard InChI is InChI=1S/C24H31Cl2N5O2/c1-6-14-31(18(4)22-23(27-19(5)32)29-24(26)28-22)15-10-9-11-16(2)33-30-17(3)20-12-7-8-13-21(20)25/h7-8,12-13H,2,4,6,9-11,14-15H2,1,3,5H3,(H,27,32)(H,28,29)/b30-17+. The van der Waals surface area contributed by atoms with E-state index in [9.17, 15) is 4.79 Å². The molecule has 0 aliphatic carbocycles. The molecule has 0 aliphatic heterocycles. The Morgan fingerprint density at radius 2 is 1.94 bits per heavy atom. The van der Waals surface area contributed by atoms with Crippen molar-refractivity contribution in [2.75, 3.05) is 18.4 Å². The maximum Gasteiger partial charge on any atom is 0.222 e. The summed E-state index contributed by atoms with van der Waals surface area (Å²) in [6.07, 6.45) is 3.39. The van der Waals surface area contributed by atoms with Gasteiger partial charge in [0.15, 0.2) is 5.82 Å². The van der Waals surface area contributed by atoms with E-state index in [1.807, 2.05) is 31.2 Å². The number of carbonyl (C=O) groups excluding carboxylic acids is 1. The number of hydrogen-bond donors (Lipinski definition) is 2. The van der Waals surface area contributed by atoms with E-state index in [-0.39, 0.29) is 11.2 Å². The quantitative estimate of drug-likeness (QED) is 0.145. The second-order valence-corrected chi connectivity index (χ2v) is 8.37. The van der Waals surface area contributed by atoms with Crippen LogP contribution in [-0.2, 0) is 9.63 Å². The molecule has 2 N–H and O–H groups in total. The van der Waals surface area contributed by atoms with Crippen molar-refractivity contribution < 1.29 is 9.63 Å². The number of imidazole rings is 1. The third-order valence-corrected chi connectivity index (χ3v) is 5.35. The van der Waals surface area contributed by atoms with E-state index in [1.54, 1.807) is 0 Å². The Morgan fingerprint density at radius 3 is 2.61 bits per heavy atom. The zero-order chi connectivity index (χ0) is 24.4. The van der Waals surface area contributed by atoms with Gasteiger partial charge < -0.3 is 20.0 Å². The predicted molar refractivity (Wildman–Crippen MR) is 137 cm³/mol. The van der Waals surface area contributed by atoms with E-state index in [0.717, 1.165) is 43.6 Å². The molecule has 1 aromatic heterocycles. The van der Waals surface area contributed by atoms with Crippen LogP contribution in [0.4, 0.5) is 5.82 Å². The molecule has 0 atom stereocenters. The van der Waals surface area contributed by atoms with Crippen molar-refractivity contribution in [3.05, 3.63) is 64.7 Å². The molecule has 1 amide bonds.